The number of rotatable bonds is 6. The van der Waals surface area contributed by atoms with Crippen LogP contribution in [-0.2, 0) is 6.54 Å². The van der Waals surface area contributed by atoms with Crippen LogP contribution in [-0.4, -0.2) is 16.1 Å². The maximum Gasteiger partial charge on any atom is 0.0945 e. The number of benzene rings is 1. The molecule has 1 aromatic heterocycles. The van der Waals surface area contributed by atoms with Crippen molar-refractivity contribution in [2.45, 2.75) is 19.4 Å². The third kappa shape index (κ3) is 3.67. The molecule has 0 aliphatic heterocycles. The molecule has 4 nitrogen and oxygen atoms in total. The van der Waals surface area contributed by atoms with E-state index in [-0.39, 0.29) is 0 Å². The summed E-state index contributed by atoms with van der Waals surface area (Å²) in [4.78, 5) is 4.01. The highest BCUT2D eigenvalue weighted by atomic mass is 35.5. The van der Waals surface area contributed by atoms with E-state index in [0.29, 0.717) is 10.7 Å². The molecule has 0 aliphatic carbocycles. The van der Waals surface area contributed by atoms with E-state index < -0.39 is 0 Å². The van der Waals surface area contributed by atoms with Crippen LogP contribution < -0.4 is 11.1 Å². The summed E-state index contributed by atoms with van der Waals surface area (Å²) in [7, 11) is 0. The molecular formula is C13H17ClN4. The molecular weight excluding hydrogens is 248 g/mol. The van der Waals surface area contributed by atoms with E-state index >= 15 is 0 Å². The zero-order valence-electron chi connectivity index (χ0n) is 10.1. The summed E-state index contributed by atoms with van der Waals surface area (Å²) < 4.78 is 2.08. The van der Waals surface area contributed by atoms with Gasteiger partial charge in [0, 0.05) is 30.5 Å². The molecule has 3 N–H and O–H groups in total. The fraction of sp³-hybridized carbons (Fsp3) is 0.308. The van der Waals surface area contributed by atoms with Gasteiger partial charge in [-0.2, -0.15) is 0 Å². The van der Waals surface area contributed by atoms with E-state index in [2.05, 4.69) is 14.9 Å². The molecule has 0 spiro atoms. The first-order chi connectivity index (χ1) is 8.75. The number of nitrogen functional groups attached to an aromatic ring is 1. The number of nitrogens with zero attached hydrogens (tertiary/aromatic N) is 2. The summed E-state index contributed by atoms with van der Waals surface area (Å²) in [5, 5.41) is 3.98. The van der Waals surface area contributed by atoms with Crippen molar-refractivity contribution >= 4 is 23.0 Å². The van der Waals surface area contributed by atoms with Gasteiger partial charge in [-0.05, 0) is 31.0 Å². The predicted molar refractivity (Wildman–Crippen MR) is 75.8 cm³/mol. The first kappa shape index (κ1) is 12.8. The number of aryl methyl sites for hydroxylation is 1. The Hall–Kier alpha value is -1.68. The third-order valence-corrected chi connectivity index (χ3v) is 2.97. The molecule has 0 unspecified atom stereocenters. The van der Waals surface area contributed by atoms with Gasteiger partial charge in [-0.3, -0.25) is 0 Å². The summed E-state index contributed by atoms with van der Waals surface area (Å²) in [5.41, 5.74) is 7.49. The number of aromatic nitrogens is 2. The van der Waals surface area contributed by atoms with E-state index in [1.54, 1.807) is 12.3 Å². The average molecular weight is 265 g/mol. The Balaban J connectivity index is 1.69. The highest BCUT2D eigenvalue weighted by Gasteiger charge is 1.99. The van der Waals surface area contributed by atoms with Crippen molar-refractivity contribution < 1.29 is 0 Å². The smallest absolute Gasteiger partial charge is 0.0945 e. The zero-order chi connectivity index (χ0) is 12.8. The van der Waals surface area contributed by atoms with Gasteiger partial charge in [0.05, 0.1) is 17.7 Å². The Morgan fingerprint density at radius 2 is 2.22 bits per heavy atom. The second-order valence-corrected chi connectivity index (χ2v) is 4.60. The van der Waals surface area contributed by atoms with Gasteiger partial charge in [0.25, 0.3) is 0 Å². The normalized spacial score (nSPS) is 10.5. The third-order valence-electron chi connectivity index (χ3n) is 2.73. The second kappa shape index (κ2) is 6.31. The fourth-order valence-corrected chi connectivity index (χ4v) is 1.94. The first-order valence-electron chi connectivity index (χ1n) is 6.00. The van der Waals surface area contributed by atoms with Crippen LogP contribution >= 0.6 is 11.6 Å². The lowest BCUT2D eigenvalue weighted by Gasteiger charge is -2.09. The molecule has 1 heterocycles. The Morgan fingerprint density at radius 3 is 2.94 bits per heavy atom. The van der Waals surface area contributed by atoms with E-state index in [9.17, 15) is 0 Å². The minimum absolute atomic E-state index is 0.665. The van der Waals surface area contributed by atoms with Gasteiger partial charge in [0.2, 0.25) is 0 Å². The molecule has 2 rings (SSSR count). The number of imidazole rings is 1. The predicted octanol–water partition coefficient (Wildman–Crippen LogP) is 3.01. The second-order valence-electron chi connectivity index (χ2n) is 4.17. The quantitative estimate of drug-likeness (QED) is 0.623. The molecule has 18 heavy (non-hydrogen) atoms. The van der Waals surface area contributed by atoms with Gasteiger partial charge in [-0.25, -0.2) is 4.98 Å². The Morgan fingerprint density at radius 1 is 1.33 bits per heavy atom. The summed E-state index contributed by atoms with van der Waals surface area (Å²) in [5.74, 6) is 0. The van der Waals surface area contributed by atoms with Crippen LogP contribution in [0.1, 0.15) is 12.8 Å². The molecule has 0 aliphatic rings. The number of halogens is 1. The maximum absolute atomic E-state index is 5.85. The summed E-state index contributed by atoms with van der Waals surface area (Å²) in [6.45, 7) is 1.90. The Bertz CT molecular complexity index is 482. The lowest BCUT2D eigenvalue weighted by atomic mass is 10.2. The van der Waals surface area contributed by atoms with Crippen molar-refractivity contribution in [1.29, 1.82) is 0 Å². The van der Waals surface area contributed by atoms with Crippen molar-refractivity contribution in [3.05, 3.63) is 41.9 Å². The standard InChI is InChI=1S/C13H17ClN4/c14-11-3-4-13(12(15)9-11)17-5-1-2-7-18-8-6-16-10-18/h3-4,6,8-10,17H,1-2,5,7,15H2. The van der Waals surface area contributed by atoms with Crippen LogP contribution in [0.4, 0.5) is 11.4 Å². The molecule has 96 valence electrons. The Labute approximate surface area is 112 Å². The monoisotopic (exact) mass is 264 g/mol. The van der Waals surface area contributed by atoms with Crippen molar-refractivity contribution in [1.82, 2.24) is 9.55 Å². The van der Waals surface area contributed by atoms with Gasteiger partial charge in [0.15, 0.2) is 0 Å². The molecule has 0 saturated heterocycles. The number of nitrogens with two attached hydrogens (primary N) is 1. The topological polar surface area (TPSA) is 55.9 Å². The maximum atomic E-state index is 5.85. The summed E-state index contributed by atoms with van der Waals surface area (Å²) in [6.07, 6.45) is 7.80. The minimum Gasteiger partial charge on any atom is -0.397 e. The van der Waals surface area contributed by atoms with E-state index in [4.69, 9.17) is 17.3 Å². The van der Waals surface area contributed by atoms with Crippen LogP contribution in [0.25, 0.3) is 0 Å². The highest BCUT2D eigenvalue weighted by molar-refractivity contribution is 6.31. The summed E-state index contributed by atoms with van der Waals surface area (Å²) in [6, 6.07) is 5.51. The van der Waals surface area contributed by atoms with Crippen LogP contribution in [0.15, 0.2) is 36.9 Å². The van der Waals surface area contributed by atoms with Crippen LogP contribution in [0.5, 0.6) is 0 Å². The molecule has 5 heteroatoms. The van der Waals surface area contributed by atoms with Gasteiger partial charge >= 0.3 is 0 Å². The van der Waals surface area contributed by atoms with Gasteiger partial charge in [-0.15, -0.1) is 0 Å². The average Bonchev–Trinajstić information content (AvgIpc) is 2.84. The zero-order valence-corrected chi connectivity index (χ0v) is 10.9. The van der Waals surface area contributed by atoms with E-state index in [1.807, 2.05) is 24.7 Å². The molecule has 0 fully saturated rings. The van der Waals surface area contributed by atoms with Crippen molar-refractivity contribution in [2.75, 3.05) is 17.6 Å². The number of unbranched alkanes of at least 4 members (excludes halogenated alkanes) is 1. The highest BCUT2D eigenvalue weighted by Crippen LogP contribution is 2.22. The lowest BCUT2D eigenvalue weighted by molar-refractivity contribution is 0.621. The fourth-order valence-electron chi connectivity index (χ4n) is 1.76. The molecule has 0 bridgehead atoms. The van der Waals surface area contributed by atoms with Crippen LogP contribution in [0.3, 0.4) is 0 Å². The lowest BCUT2D eigenvalue weighted by Crippen LogP contribution is -2.05. The minimum atomic E-state index is 0.665. The molecule has 1 aromatic carbocycles. The van der Waals surface area contributed by atoms with Gasteiger partial charge in [0.1, 0.15) is 0 Å². The van der Waals surface area contributed by atoms with Gasteiger partial charge in [-0.1, -0.05) is 11.6 Å². The van der Waals surface area contributed by atoms with Crippen LogP contribution in [0.2, 0.25) is 5.02 Å². The van der Waals surface area contributed by atoms with Crippen molar-refractivity contribution in [2.24, 2.45) is 0 Å². The summed E-state index contributed by atoms with van der Waals surface area (Å²) >= 11 is 5.84. The molecule has 2 aromatic rings. The molecule has 0 saturated carbocycles. The molecule has 0 amide bonds. The number of anilines is 2. The number of hydrogen-bond donors (Lipinski definition) is 2. The van der Waals surface area contributed by atoms with Crippen LogP contribution in [0, 0.1) is 0 Å². The number of hydrogen-bond acceptors (Lipinski definition) is 3. The Kier molecular flexibility index (Phi) is 4.47. The first-order valence-corrected chi connectivity index (χ1v) is 6.38. The van der Waals surface area contributed by atoms with E-state index in [0.717, 1.165) is 31.6 Å². The van der Waals surface area contributed by atoms with Gasteiger partial charge < -0.3 is 15.6 Å². The van der Waals surface area contributed by atoms with Crippen molar-refractivity contribution in [3.63, 3.8) is 0 Å². The van der Waals surface area contributed by atoms with Crippen molar-refractivity contribution in [3.8, 4) is 0 Å². The molecule has 0 radical (unpaired) electrons. The SMILES string of the molecule is Nc1cc(Cl)ccc1NCCCCn1ccnc1. The largest absolute Gasteiger partial charge is 0.397 e. The number of nitrogens with one attached hydrogen (secondary N) is 1. The van der Waals surface area contributed by atoms with E-state index in [1.165, 1.54) is 0 Å². The molecule has 0 atom stereocenters.